The van der Waals surface area contributed by atoms with Gasteiger partial charge in [-0.1, -0.05) is 0 Å². The molecule has 0 radical (unpaired) electrons. The first-order valence-corrected chi connectivity index (χ1v) is 5.71. The van der Waals surface area contributed by atoms with Crippen molar-refractivity contribution in [3.05, 3.63) is 24.0 Å². The van der Waals surface area contributed by atoms with E-state index in [1.807, 2.05) is 29.9 Å². The molecule has 1 amide bonds. The number of aliphatic hydroxyl groups excluding tert-OH is 1. The fourth-order valence-electron chi connectivity index (χ4n) is 2.38. The molecular formula is C12H18N2O2. The van der Waals surface area contributed by atoms with Gasteiger partial charge in [0.25, 0.3) is 5.91 Å². The molecular weight excluding hydrogens is 204 g/mol. The third-order valence-electron chi connectivity index (χ3n) is 3.28. The van der Waals surface area contributed by atoms with E-state index in [0.717, 1.165) is 19.4 Å². The van der Waals surface area contributed by atoms with E-state index < -0.39 is 6.10 Å². The largest absolute Gasteiger partial charge is 0.391 e. The average molecular weight is 222 g/mol. The molecule has 4 heteroatoms. The maximum absolute atomic E-state index is 12.2. The van der Waals surface area contributed by atoms with Crippen LogP contribution in [0.5, 0.6) is 0 Å². The molecule has 1 aromatic rings. The molecule has 2 heterocycles. The summed E-state index contributed by atoms with van der Waals surface area (Å²) < 4.78 is 1.82. The van der Waals surface area contributed by atoms with E-state index in [1.165, 1.54) is 0 Å². The van der Waals surface area contributed by atoms with Crippen LogP contribution in [0, 0.1) is 0 Å². The SMILES string of the molecule is CC(O)[C@H]1CCCN1C(=O)c1cccn1C. The van der Waals surface area contributed by atoms with Crippen molar-refractivity contribution in [1.82, 2.24) is 9.47 Å². The maximum Gasteiger partial charge on any atom is 0.270 e. The molecule has 0 spiro atoms. The number of likely N-dealkylation sites (tertiary alicyclic amines) is 1. The van der Waals surface area contributed by atoms with Gasteiger partial charge in [0, 0.05) is 19.8 Å². The van der Waals surface area contributed by atoms with Crippen LogP contribution in [0.3, 0.4) is 0 Å². The molecule has 1 unspecified atom stereocenters. The Labute approximate surface area is 95.5 Å². The van der Waals surface area contributed by atoms with Crippen molar-refractivity contribution in [2.45, 2.75) is 31.9 Å². The highest BCUT2D eigenvalue weighted by Crippen LogP contribution is 2.22. The molecule has 0 bridgehead atoms. The Bertz CT molecular complexity index is 384. The normalized spacial score (nSPS) is 22.4. The molecule has 1 aliphatic rings. The summed E-state index contributed by atoms with van der Waals surface area (Å²) in [6.45, 7) is 2.50. The second-order valence-electron chi connectivity index (χ2n) is 4.45. The minimum Gasteiger partial charge on any atom is -0.391 e. The lowest BCUT2D eigenvalue weighted by molar-refractivity contribution is 0.0529. The number of hydrogen-bond acceptors (Lipinski definition) is 2. The number of carbonyl (C=O) groups excluding carboxylic acids is 1. The minimum absolute atomic E-state index is 0.0240. The predicted molar refractivity (Wildman–Crippen MR) is 61.2 cm³/mol. The lowest BCUT2D eigenvalue weighted by Gasteiger charge is -2.26. The number of aryl methyl sites for hydroxylation is 1. The Morgan fingerprint density at radius 1 is 1.62 bits per heavy atom. The monoisotopic (exact) mass is 222 g/mol. The van der Waals surface area contributed by atoms with Gasteiger partial charge >= 0.3 is 0 Å². The standard InChI is InChI=1S/C12H18N2O2/c1-9(15)10-5-4-8-14(10)12(16)11-6-3-7-13(11)2/h3,6-7,9-10,15H,4-5,8H2,1-2H3/t9?,10-/m1/s1. The fraction of sp³-hybridized carbons (Fsp3) is 0.583. The first kappa shape index (κ1) is 11.2. The van der Waals surface area contributed by atoms with Crippen LogP contribution in [0.1, 0.15) is 30.3 Å². The van der Waals surface area contributed by atoms with Crippen molar-refractivity contribution >= 4 is 5.91 Å². The molecule has 4 nitrogen and oxygen atoms in total. The number of nitrogens with zero attached hydrogens (tertiary/aromatic N) is 2. The van der Waals surface area contributed by atoms with Gasteiger partial charge in [-0.15, -0.1) is 0 Å². The summed E-state index contributed by atoms with van der Waals surface area (Å²) in [5.41, 5.74) is 0.688. The van der Waals surface area contributed by atoms with Crippen LogP contribution < -0.4 is 0 Å². The van der Waals surface area contributed by atoms with E-state index in [-0.39, 0.29) is 11.9 Å². The molecule has 0 saturated carbocycles. The van der Waals surface area contributed by atoms with Crippen molar-refractivity contribution in [1.29, 1.82) is 0 Å². The van der Waals surface area contributed by atoms with E-state index in [1.54, 1.807) is 11.8 Å². The summed E-state index contributed by atoms with van der Waals surface area (Å²) in [7, 11) is 1.86. The second kappa shape index (κ2) is 4.29. The number of carbonyl (C=O) groups is 1. The number of aliphatic hydroxyl groups is 1. The lowest BCUT2D eigenvalue weighted by atomic mass is 10.1. The van der Waals surface area contributed by atoms with Crippen molar-refractivity contribution in [2.75, 3.05) is 6.54 Å². The highest BCUT2D eigenvalue weighted by Gasteiger charge is 2.32. The van der Waals surface area contributed by atoms with Crippen LogP contribution in [0.2, 0.25) is 0 Å². The summed E-state index contributed by atoms with van der Waals surface area (Å²) in [6, 6.07) is 3.66. The van der Waals surface area contributed by atoms with Crippen molar-refractivity contribution in [2.24, 2.45) is 7.05 Å². The molecule has 1 aromatic heterocycles. The van der Waals surface area contributed by atoms with Gasteiger partial charge in [0.05, 0.1) is 12.1 Å². The third kappa shape index (κ3) is 1.85. The zero-order valence-electron chi connectivity index (χ0n) is 9.76. The van der Waals surface area contributed by atoms with Gasteiger partial charge in [0.15, 0.2) is 0 Å². The summed E-state index contributed by atoms with van der Waals surface area (Å²) in [6.07, 6.45) is 3.28. The Kier molecular flexibility index (Phi) is 3.01. The van der Waals surface area contributed by atoms with Crippen LogP contribution in [0.25, 0.3) is 0 Å². The van der Waals surface area contributed by atoms with E-state index in [0.29, 0.717) is 5.69 Å². The number of rotatable bonds is 2. The maximum atomic E-state index is 12.2. The molecule has 0 aromatic carbocycles. The van der Waals surface area contributed by atoms with Crippen LogP contribution >= 0.6 is 0 Å². The Morgan fingerprint density at radius 2 is 2.38 bits per heavy atom. The predicted octanol–water partition coefficient (Wildman–Crippen LogP) is 1.01. The topological polar surface area (TPSA) is 45.5 Å². The summed E-state index contributed by atoms with van der Waals surface area (Å²) >= 11 is 0. The highest BCUT2D eigenvalue weighted by atomic mass is 16.3. The van der Waals surface area contributed by atoms with Gasteiger partial charge in [-0.2, -0.15) is 0 Å². The smallest absolute Gasteiger partial charge is 0.270 e. The zero-order chi connectivity index (χ0) is 11.7. The quantitative estimate of drug-likeness (QED) is 0.811. The van der Waals surface area contributed by atoms with Crippen LogP contribution in [-0.2, 0) is 7.05 Å². The molecule has 0 aliphatic carbocycles. The van der Waals surface area contributed by atoms with E-state index in [2.05, 4.69) is 0 Å². The minimum atomic E-state index is -0.452. The molecule has 2 rings (SSSR count). The van der Waals surface area contributed by atoms with Gasteiger partial charge in [0.2, 0.25) is 0 Å². The Morgan fingerprint density at radius 3 is 2.94 bits per heavy atom. The number of amides is 1. The number of hydrogen-bond donors (Lipinski definition) is 1. The fourth-order valence-corrected chi connectivity index (χ4v) is 2.38. The first-order chi connectivity index (χ1) is 7.61. The number of aromatic nitrogens is 1. The van der Waals surface area contributed by atoms with Crippen LogP contribution in [0.15, 0.2) is 18.3 Å². The molecule has 1 aliphatic heterocycles. The molecule has 2 atom stereocenters. The van der Waals surface area contributed by atoms with E-state index in [9.17, 15) is 9.90 Å². The molecule has 88 valence electrons. The second-order valence-corrected chi connectivity index (χ2v) is 4.45. The summed E-state index contributed by atoms with van der Waals surface area (Å²) in [4.78, 5) is 14.0. The highest BCUT2D eigenvalue weighted by molar-refractivity contribution is 5.93. The molecule has 16 heavy (non-hydrogen) atoms. The van der Waals surface area contributed by atoms with Crippen molar-refractivity contribution in [3.8, 4) is 0 Å². The van der Waals surface area contributed by atoms with Gasteiger partial charge in [0.1, 0.15) is 5.69 Å². The van der Waals surface area contributed by atoms with Crippen molar-refractivity contribution < 1.29 is 9.90 Å². The molecule has 1 saturated heterocycles. The first-order valence-electron chi connectivity index (χ1n) is 5.71. The van der Waals surface area contributed by atoms with Gasteiger partial charge in [-0.05, 0) is 31.9 Å². The van der Waals surface area contributed by atoms with Crippen LogP contribution in [-0.4, -0.2) is 39.2 Å². The van der Waals surface area contributed by atoms with Crippen LogP contribution in [0.4, 0.5) is 0 Å². The van der Waals surface area contributed by atoms with E-state index in [4.69, 9.17) is 0 Å². The average Bonchev–Trinajstić information content (AvgIpc) is 2.84. The molecule has 1 fully saturated rings. The summed E-state index contributed by atoms with van der Waals surface area (Å²) in [5, 5.41) is 9.64. The zero-order valence-corrected chi connectivity index (χ0v) is 9.76. The van der Waals surface area contributed by atoms with Crippen molar-refractivity contribution in [3.63, 3.8) is 0 Å². The Balaban J connectivity index is 2.19. The van der Waals surface area contributed by atoms with E-state index >= 15 is 0 Å². The lowest BCUT2D eigenvalue weighted by Crippen LogP contribution is -2.42. The van der Waals surface area contributed by atoms with Gasteiger partial charge < -0.3 is 14.6 Å². The van der Waals surface area contributed by atoms with Gasteiger partial charge in [-0.25, -0.2) is 0 Å². The molecule has 1 N–H and O–H groups in total. The van der Waals surface area contributed by atoms with Gasteiger partial charge in [-0.3, -0.25) is 4.79 Å². The Hall–Kier alpha value is -1.29. The third-order valence-corrected chi connectivity index (χ3v) is 3.28. The summed E-state index contributed by atoms with van der Waals surface area (Å²) in [5.74, 6) is 0.0240.